The first-order valence-electron chi connectivity index (χ1n) is 11.2. The van der Waals surface area contributed by atoms with Crippen LogP contribution in [0.15, 0.2) is 44.4 Å². The summed E-state index contributed by atoms with van der Waals surface area (Å²) in [7, 11) is 0. The van der Waals surface area contributed by atoms with Crippen molar-refractivity contribution >= 4 is 86.8 Å². The minimum atomic E-state index is -1.17. The highest BCUT2D eigenvalue weighted by Gasteiger charge is 2.57. The van der Waals surface area contributed by atoms with Gasteiger partial charge < -0.3 is 26.2 Å². The Morgan fingerprint density at radius 2 is 2.05 bits per heavy atom. The molecular weight excluding hydrogens is 605 g/mol. The third-order valence-corrected chi connectivity index (χ3v) is 11.8. The summed E-state index contributed by atoms with van der Waals surface area (Å²) < 4.78 is 0.651. The van der Waals surface area contributed by atoms with E-state index in [1.54, 1.807) is 29.1 Å². The minimum Gasteiger partial charge on any atom is -0.481 e. The lowest BCUT2D eigenvalue weighted by molar-refractivity contribution is -0.157. The quantitative estimate of drug-likeness (QED) is 0.190. The van der Waals surface area contributed by atoms with Gasteiger partial charge >= 0.3 is 11.9 Å². The molecule has 2 saturated heterocycles. The molecule has 39 heavy (non-hydrogen) atoms. The molecule has 0 aliphatic carbocycles. The Bertz CT molecular complexity index is 1420. The van der Waals surface area contributed by atoms with Crippen LogP contribution in [-0.2, 0) is 14.4 Å². The number of carboxylic acid groups (broad SMARTS) is 2. The molecule has 0 bridgehead atoms. The third kappa shape index (κ3) is 5.58. The molecule has 204 valence electrons. The van der Waals surface area contributed by atoms with E-state index in [0.29, 0.717) is 14.9 Å². The number of carboxylic acids is 2. The van der Waals surface area contributed by atoms with Crippen LogP contribution in [0.1, 0.15) is 21.3 Å². The molecule has 3 aromatic rings. The van der Waals surface area contributed by atoms with Crippen molar-refractivity contribution in [3.05, 3.63) is 46.4 Å². The van der Waals surface area contributed by atoms with Crippen LogP contribution < -0.4 is 11.1 Å². The van der Waals surface area contributed by atoms with Crippen LogP contribution in [0, 0.1) is 5.41 Å². The number of nitrogens with one attached hydrogen (secondary N) is 1. The highest BCUT2D eigenvalue weighted by Crippen LogP contribution is 2.45. The minimum absolute atomic E-state index is 0.0177. The number of thioether (sulfide) groups is 3. The van der Waals surface area contributed by atoms with Crippen LogP contribution >= 0.6 is 58.0 Å². The molecular formula is C22H20N6O6S5. The van der Waals surface area contributed by atoms with Crippen LogP contribution in [0.2, 0.25) is 0 Å². The van der Waals surface area contributed by atoms with Gasteiger partial charge in [0.25, 0.3) is 0 Å². The van der Waals surface area contributed by atoms with Crippen molar-refractivity contribution in [1.29, 1.82) is 0 Å². The summed E-state index contributed by atoms with van der Waals surface area (Å²) in [6.07, 6.45) is 0. The number of benzene rings is 1. The highest BCUT2D eigenvalue weighted by atomic mass is 32.2. The summed E-state index contributed by atoms with van der Waals surface area (Å²) in [6, 6.07) is 5.46. The summed E-state index contributed by atoms with van der Waals surface area (Å²) in [5, 5.41) is 30.6. The lowest BCUT2D eigenvalue weighted by Gasteiger charge is -2.53. The van der Waals surface area contributed by atoms with Crippen LogP contribution in [-0.4, -0.2) is 83.5 Å². The number of aliphatic carboxylic acids is 1. The number of β-lactam (4-membered cyclic amide) rings is 1. The number of amides is 2. The second kappa shape index (κ2) is 11.3. The lowest BCUT2D eigenvalue weighted by atomic mass is 9.89. The summed E-state index contributed by atoms with van der Waals surface area (Å²) in [6.45, 7) is 0.0177. The molecule has 3 unspecified atom stereocenters. The molecule has 0 saturated carbocycles. The molecule has 5 rings (SSSR count). The molecule has 2 aliphatic rings. The smallest absolute Gasteiger partial charge is 0.336 e. The normalized spacial score (nSPS) is 23.0. The zero-order valence-electron chi connectivity index (χ0n) is 19.8. The highest BCUT2D eigenvalue weighted by molar-refractivity contribution is 8.01. The number of nitrogen functional groups attached to an aromatic ring is 1. The second-order valence-electron chi connectivity index (χ2n) is 8.64. The standard InChI is InChI=1S/C22H20N6O6S5/c23-20-25-11(5-35-20)14(39-12-4-2-1-3-10(12)18(31)32)15(29)26-13-16(30)28-6-22(19(33)34,7-36-17(13)28)8-37-21-27-24-9-38-21/h1-5,9,13-14,17H,6-8H2,(H2,23,25)(H,26,29)(H,31,32)(H,33,34)/t13?,14?,17-,22?/m1/s1. The summed E-state index contributed by atoms with van der Waals surface area (Å²) in [5.74, 6) is -2.55. The molecule has 4 heterocycles. The Kier molecular flexibility index (Phi) is 8.04. The second-order valence-corrected chi connectivity index (χ2v) is 13.8. The van der Waals surface area contributed by atoms with E-state index in [0.717, 1.165) is 23.1 Å². The van der Waals surface area contributed by atoms with E-state index in [-0.39, 0.29) is 34.7 Å². The molecule has 17 heteroatoms. The van der Waals surface area contributed by atoms with E-state index in [1.165, 1.54) is 45.8 Å². The summed E-state index contributed by atoms with van der Waals surface area (Å²) >= 11 is 6.07. The number of carbonyl (C=O) groups excluding carboxylic acids is 2. The first-order valence-corrected chi connectivity index (χ1v) is 15.9. The number of thiazole rings is 1. The average Bonchev–Trinajstić information content (AvgIpc) is 3.60. The number of hydrogen-bond acceptors (Lipinski definition) is 13. The number of aromatic carboxylic acids is 1. The van der Waals surface area contributed by atoms with Gasteiger partial charge in [0.15, 0.2) is 9.47 Å². The molecule has 0 spiro atoms. The van der Waals surface area contributed by atoms with Gasteiger partial charge in [-0.05, 0) is 12.1 Å². The molecule has 4 atom stereocenters. The molecule has 2 fully saturated rings. The lowest BCUT2D eigenvalue weighted by Crippen LogP contribution is -2.74. The number of nitrogens with two attached hydrogens (primary N) is 1. The van der Waals surface area contributed by atoms with Crippen LogP contribution in [0.5, 0.6) is 0 Å². The Balaban J connectivity index is 1.30. The zero-order chi connectivity index (χ0) is 27.7. The summed E-state index contributed by atoms with van der Waals surface area (Å²) in [4.78, 5) is 56.6. The Morgan fingerprint density at radius 3 is 2.72 bits per heavy atom. The van der Waals surface area contributed by atoms with Crippen molar-refractivity contribution in [3.63, 3.8) is 0 Å². The molecule has 2 amide bonds. The Morgan fingerprint density at radius 1 is 1.26 bits per heavy atom. The van der Waals surface area contributed by atoms with E-state index in [4.69, 9.17) is 5.73 Å². The maximum Gasteiger partial charge on any atom is 0.336 e. The van der Waals surface area contributed by atoms with Gasteiger partial charge in [0, 0.05) is 28.3 Å². The van der Waals surface area contributed by atoms with Gasteiger partial charge in [0.1, 0.15) is 27.6 Å². The first kappa shape index (κ1) is 27.7. The van der Waals surface area contributed by atoms with Crippen molar-refractivity contribution < 1.29 is 29.4 Å². The fourth-order valence-corrected chi connectivity index (χ4v) is 9.24. The van der Waals surface area contributed by atoms with Crippen molar-refractivity contribution in [2.75, 3.05) is 23.8 Å². The van der Waals surface area contributed by atoms with E-state index >= 15 is 0 Å². The van der Waals surface area contributed by atoms with Gasteiger partial charge in [-0.2, -0.15) is 0 Å². The largest absolute Gasteiger partial charge is 0.481 e. The van der Waals surface area contributed by atoms with Gasteiger partial charge in [-0.3, -0.25) is 14.4 Å². The van der Waals surface area contributed by atoms with E-state index in [2.05, 4.69) is 20.5 Å². The van der Waals surface area contributed by atoms with Crippen molar-refractivity contribution in [3.8, 4) is 0 Å². The predicted molar refractivity (Wildman–Crippen MR) is 149 cm³/mol. The maximum atomic E-state index is 13.5. The number of rotatable bonds is 10. The first-order chi connectivity index (χ1) is 18.7. The molecule has 2 aromatic heterocycles. The van der Waals surface area contributed by atoms with Gasteiger partial charge in [0.05, 0.1) is 11.3 Å². The van der Waals surface area contributed by atoms with Gasteiger partial charge in [-0.25, -0.2) is 9.78 Å². The number of nitrogens with zero attached hydrogens (tertiary/aromatic N) is 4. The van der Waals surface area contributed by atoms with Crippen LogP contribution in [0.25, 0.3) is 0 Å². The topological polar surface area (TPSA) is 189 Å². The van der Waals surface area contributed by atoms with E-state index in [9.17, 15) is 29.4 Å². The van der Waals surface area contributed by atoms with Crippen molar-refractivity contribution in [2.24, 2.45) is 5.41 Å². The number of fused-ring (bicyclic) bond motifs is 1. The van der Waals surface area contributed by atoms with Crippen molar-refractivity contribution in [1.82, 2.24) is 25.4 Å². The number of anilines is 1. The number of aromatic nitrogens is 3. The number of carbonyl (C=O) groups is 4. The van der Waals surface area contributed by atoms with E-state index < -0.39 is 39.9 Å². The molecule has 12 nitrogen and oxygen atoms in total. The Labute approximate surface area is 242 Å². The monoisotopic (exact) mass is 624 g/mol. The number of hydrogen-bond donors (Lipinski definition) is 4. The molecule has 1 aromatic carbocycles. The molecule has 2 aliphatic heterocycles. The van der Waals surface area contributed by atoms with Gasteiger partial charge in [-0.1, -0.05) is 35.2 Å². The molecule has 0 radical (unpaired) electrons. The maximum absolute atomic E-state index is 13.5. The fraction of sp³-hybridized carbons (Fsp3) is 0.318. The van der Waals surface area contributed by atoms with Crippen molar-refractivity contribution in [2.45, 2.75) is 25.9 Å². The van der Waals surface area contributed by atoms with E-state index in [1.807, 2.05) is 0 Å². The molecule has 5 N–H and O–H groups in total. The SMILES string of the molecule is Nc1nc(C(Sc2ccccc2C(=O)O)C(=O)NC2C(=O)N3CC(CSc4nncs4)(C(=O)O)CS[C@H]23)cs1. The third-order valence-electron chi connectivity index (χ3n) is 6.12. The Hall–Kier alpha value is -2.86. The van der Waals surface area contributed by atoms with Gasteiger partial charge in [0.2, 0.25) is 11.8 Å². The van der Waals surface area contributed by atoms with Gasteiger partial charge in [-0.15, -0.1) is 45.1 Å². The average molecular weight is 625 g/mol. The zero-order valence-corrected chi connectivity index (χ0v) is 23.8. The van der Waals surface area contributed by atoms with Crippen LogP contribution in [0.3, 0.4) is 0 Å². The fourth-order valence-electron chi connectivity index (χ4n) is 4.10. The summed E-state index contributed by atoms with van der Waals surface area (Å²) in [5.41, 5.74) is 6.58. The predicted octanol–water partition coefficient (Wildman–Crippen LogP) is 2.37. The van der Waals surface area contributed by atoms with Crippen LogP contribution in [0.4, 0.5) is 5.13 Å².